The lowest BCUT2D eigenvalue weighted by atomic mass is 10.1. The van der Waals surface area contributed by atoms with Crippen LogP contribution in [0.3, 0.4) is 0 Å². The zero-order valence-electron chi connectivity index (χ0n) is 12.4. The van der Waals surface area contributed by atoms with Crippen LogP contribution in [0, 0.1) is 11.7 Å². The minimum Gasteiger partial charge on any atom is -0.494 e. The molecule has 5 heteroatoms. The van der Waals surface area contributed by atoms with Crippen molar-refractivity contribution in [3.8, 4) is 5.75 Å². The Morgan fingerprint density at radius 3 is 2.70 bits per heavy atom. The molecule has 0 saturated heterocycles. The summed E-state index contributed by atoms with van der Waals surface area (Å²) >= 11 is 4.91. The van der Waals surface area contributed by atoms with Gasteiger partial charge < -0.3 is 10.5 Å². The molecular formula is C15H23FN2OS. The third-order valence-corrected chi connectivity index (χ3v) is 3.16. The van der Waals surface area contributed by atoms with Crippen LogP contribution in [0.1, 0.15) is 25.8 Å². The van der Waals surface area contributed by atoms with Gasteiger partial charge >= 0.3 is 0 Å². The highest BCUT2D eigenvalue weighted by Crippen LogP contribution is 2.21. The van der Waals surface area contributed by atoms with E-state index in [-0.39, 0.29) is 11.6 Å². The molecule has 2 N–H and O–H groups in total. The Hall–Kier alpha value is -1.20. The number of benzene rings is 1. The lowest BCUT2D eigenvalue weighted by molar-refractivity contribution is 0.238. The van der Waals surface area contributed by atoms with Gasteiger partial charge in [0.05, 0.1) is 12.1 Å². The summed E-state index contributed by atoms with van der Waals surface area (Å²) in [5.41, 5.74) is 6.18. The molecule has 0 unspecified atom stereocenters. The van der Waals surface area contributed by atoms with Crippen LogP contribution in [0.2, 0.25) is 0 Å². The van der Waals surface area contributed by atoms with E-state index in [0.717, 1.165) is 13.1 Å². The summed E-state index contributed by atoms with van der Waals surface area (Å²) in [6.45, 7) is 6.42. The van der Waals surface area contributed by atoms with Crippen LogP contribution in [0.15, 0.2) is 18.2 Å². The van der Waals surface area contributed by atoms with Crippen LogP contribution in [0.4, 0.5) is 4.39 Å². The minimum absolute atomic E-state index is 0.279. The van der Waals surface area contributed by atoms with Crippen molar-refractivity contribution in [2.45, 2.75) is 26.8 Å². The van der Waals surface area contributed by atoms with Gasteiger partial charge in [-0.25, -0.2) is 4.39 Å². The van der Waals surface area contributed by atoms with Gasteiger partial charge in [0.2, 0.25) is 0 Å². The summed E-state index contributed by atoms with van der Waals surface area (Å²) in [7, 11) is 1.47. The Bertz CT molecular complexity index is 451. The van der Waals surface area contributed by atoms with E-state index in [1.54, 1.807) is 18.2 Å². The highest BCUT2D eigenvalue weighted by Gasteiger charge is 2.14. The zero-order chi connectivity index (χ0) is 15.1. The van der Waals surface area contributed by atoms with Gasteiger partial charge in [-0.05, 0) is 12.0 Å². The number of ether oxygens (including phenoxy) is 1. The standard InChI is InChI=1S/C15H23FN2OS/c1-11(2)9-18(8-7-14(17)20)10-12-5-4-6-13(19-3)15(12)16/h4-6,11H,7-10H2,1-3H3,(H2,17,20). The van der Waals surface area contributed by atoms with Crippen molar-refractivity contribution >= 4 is 17.2 Å². The SMILES string of the molecule is COc1cccc(CN(CCC(N)=S)CC(C)C)c1F. The van der Waals surface area contributed by atoms with E-state index in [2.05, 4.69) is 18.7 Å². The molecule has 0 aliphatic carbocycles. The first-order valence-corrected chi connectivity index (χ1v) is 7.17. The Kier molecular flexibility index (Phi) is 6.88. The topological polar surface area (TPSA) is 38.5 Å². The molecule has 20 heavy (non-hydrogen) atoms. The van der Waals surface area contributed by atoms with Crippen molar-refractivity contribution in [1.82, 2.24) is 4.90 Å². The predicted molar refractivity (Wildman–Crippen MR) is 84.5 cm³/mol. The van der Waals surface area contributed by atoms with Crippen molar-refractivity contribution in [2.24, 2.45) is 11.7 Å². The van der Waals surface area contributed by atoms with E-state index in [0.29, 0.717) is 29.4 Å². The molecular weight excluding hydrogens is 275 g/mol. The highest BCUT2D eigenvalue weighted by atomic mass is 32.1. The largest absolute Gasteiger partial charge is 0.494 e. The van der Waals surface area contributed by atoms with Crippen LogP contribution in [-0.2, 0) is 6.54 Å². The molecule has 1 aromatic carbocycles. The van der Waals surface area contributed by atoms with E-state index in [1.807, 2.05) is 0 Å². The van der Waals surface area contributed by atoms with Crippen molar-refractivity contribution in [3.05, 3.63) is 29.6 Å². The number of nitrogens with zero attached hydrogens (tertiary/aromatic N) is 1. The molecule has 1 aromatic rings. The fraction of sp³-hybridized carbons (Fsp3) is 0.533. The highest BCUT2D eigenvalue weighted by molar-refractivity contribution is 7.80. The van der Waals surface area contributed by atoms with Gasteiger partial charge in [-0.3, -0.25) is 4.90 Å². The fourth-order valence-electron chi connectivity index (χ4n) is 2.10. The lowest BCUT2D eigenvalue weighted by Gasteiger charge is -2.24. The number of hydrogen-bond acceptors (Lipinski definition) is 3. The predicted octanol–water partition coefficient (Wildman–Crippen LogP) is 2.97. The van der Waals surface area contributed by atoms with E-state index < -0.39 is 0 Å². The summed E-state index contributed by atoms with van der Waals surface area (Å²) < 4.78 is 19.2. The first kappa shape index (κ1) is 16.9. The van der Waals surface area contributed by atoms with Gasteiger partial charge in [0, 0.05) is 31.6 Å². The molecule has 112 valence electrons. The summed E-state index contributed by atoms with van der Waals surface area (Å²) in [5.74, 6) is 0.482. The average Bonchev–Trinajstić information content (AvgIpc) is 2.37. The number of methoxy groups -OCH3 is 1. The van der Waals surface area contributed by atoms with E-state index >= 15 is 0 Å². The van der Waals surface area contributed by atoms with Crippen LogP contribution < -0.4 is 10.5 Å². The Labute approximate surface area is 125 Å². The first-order chi connectivity index (χ1) is 9.43. The van der Waals surface area contributed by atoms with Gasteiger partial charge in [-0.2, -0.15) is 0 Å². The molecule has 0 bridgehead atoms. The molecule has 0 aromatic heterocycles. The number of rotatable bonds is 8. The first-order valence-electron chi connectivity index (χ1n) is 6.76. The molecule has 0 spiro atoms. The van der Waals surface area contributed by atoms with Gasteiger partial charge in [0.25, 0.3) is 0 Å². The van der Waals surface area contributed by atoms with Crippen molar-refractivity contribution in [2.75, 3.05) is 20.2 Å². The normalized spacial score (nSPS) is 11.1. The van der Waals surface area contributed by atoms with Gasteiger partial charge in [-0.1, -0.05) is 38.2 Å². The van der Waals surface area contributed by atoms with Crippen molar-refractivity contribution < 1.29 is 9.13 Å². The zero-order valence-corrected chi connectivity index (χ0v) is 13.2. The molecule has 1 rings (SSSR count). The number of hydrogen-bond donors (Lipinski definition) is 1. The third-order valence-electron chi connectivity index (χ3n) is 2.95. The fourth-order valence-corrected chi connectivity index (χ4v) is 2.19. The number of nitrogens with two attached hydrogens (primary N) is 1. The summed E-state index contributed by atoms with van der Waals surface area (Å²) in [4.78, 5) is 2.66. The third kappa shape index (κ3) is 5.43. The van der Waals surface area contributed by atoms with E-state index in [4.69, 9.17) is 22.7 Å². The van der Waals surface area contributed by atoms with Crippen LogP contribution >= 0.6 is 12.2 Å². The second kappa shape index (κ2) is 8.17. The van der Waals surface area contributed by atoms with Crippen LogP contribution in [0.25, 0.3) is 0 Å². The van der Waals surface area contributed by atoms with Crippen LogP contribution in [-0.4, -0.2) is 30.1 Å². The number of halogens is 1. The minimum atomic E-state index is -0.293. The molecule has 3 nitrogen and oxygen atoms in total. The maximum Gasteiger partial charge on any atom is 0.169 e. The lowest BCUT2D eigenvalue weighted by Crippen LogP contribution is -2.31. The molecule has 0 saturated carbocycles. The second-order valence-electron chi connectivity index (χ2n) is 5.28. The van der Waals surface area contributed by atoms with E-state index in [1.165, 1.54) is 7.11 Å². The van der Waals surface area contributed by atoms with Crippen LogP contribution in [0.5, 0.6) is 5.75 Å². The van der Waals surface area contributed by atoms with Crippen molar-refractivity contribution in [3.63, 3.8) is 0 Å². The molecule has 0 aliphatic rings. The van der Waals surface area contributed by atoms with Gasteiger partial charge in [0.1, 0.15) is 0 Å². The maximum absolute atomic E-state index is 14.2. The number of thiocarbonyl (C=S) groups is 1. The molecule has 0 atom stereocenters. The molecule has 0 amide bonds. The summed E-state index contributed by atoms with van der Waals surface area (Å²) in [5, 5.41) is 0. The summed E-state index contributed by atoms with van der Waals surface area (Å²) in [6.07, 6.45) is 0.646. The molecule has 0 fully saturated rings. The molecule has 0 heterocycles. The quantitative estimate of drug-likeness (QED) is 0.749. The van der Waals surface area contributed by atoms with Gasteiger partial charge in [-0.15, -0.1) is 0 Å². The maximum atomic E-state index is 14.2. The summed E-state index contributed by atoms with van der Waals surface area (Å²) in [6, 6.07) is 5.21. The van der Waals surface area contributed by atoms with Crippen molar-refractivity contribution in [1.29, 1.82) is 0 Å². The second-order valence-corrected chi connectivity index (χ2v) is 5.80. The Morgan fingerprint density at radius 1 is 1.45 bits per heavy atom. The van der Waals surface area contributed by atoms with E-state index in [9.17, 15) is 4.39 Å². The monoisotopic (exact) mass is 298 g/mol. The molecule has 0 radical (unpaired) electrons. The molecule has 0 aliphatic heterocycles. The average molecular weight is 298 g/mol. The van der Waals surface area contributed by atoms with Gasteiger partial charge in [0.15, 0.2) is 11.6 Å². The Balaban J connectivity index is 2.80. The Morgan fingerprint density at radius 2 is 2.15 bits per heavy atom. The smallest absolute Gasteiger partial charge is 0.169 e.